The van der Waals surface area contributed by atoms with Crippen LogP contribution in [0.3, 0.4) is 0 Å². The first-order chi connectivity index (χ1) is 13.4. The molecule has 0 N–H and O–H groups in total. The minimum Gasteiger partial charge on any atom is -0.445 e. The van der Waals surface area contributed by atoms with Crippen molar-refractivity contribution < 1.29 is 22.1 Å². The van der Waals surface area contributed by atoms with Crippen molar-refractivity contribution in [2.75, 3.05) is 12.8 Å². The fourth-order valence-corrected chi connectivity index (χ4v) is 3.66. The van der Waals surface area contributed by atoms with Crippen molar-refractivity contribution in [1.82, 2.24) is 9.88 Å². The summed E-state index contributed by atoms with van der Waals surface area (Å²) in [5.74, 6) is 0. The molecule has 0 unspecified atom stereocenters. The number of carbonyl (C=O) groups is 1. The smallest absolute Gasteiger partial charge is 0.410 e. The number of hydrogen-bond donors (Lipinski definition) is 0. The zero-order chi connectivity index (χ0) is 20.0. The summed E-state index contributed by atoms with van der Waals surface area (Å²) in [5.41, 5.74) is 1.62. The van der Waals surface area contributed by atoms with Gasteiger partial charge in [-0.05, 0) is 23.8 Å². The third-order valence-electron chi connectivity index (χ3n) is 4.23. The van der Waals surface area contributed by atoms with Crippen LogP contribution in [0.4, 0.5) is 4.79 Å². The first kappa shape index (κ1) is 20.0. The van der Waals surface area contributed by atoms with Crippen molar-refractivity contribution in [1.29, 1.82) is 0 Å². The Morgan fingerprint density at radius 2 is 1.96 bits per heavy atom. The Kier molecular flexibility index (Phi) is 6.43. The number of carbonyl (C=O) groups excluding carboxylic acids is 1. The van der Waals surface area contributed by atoms with Crippen molar-refractivity contribution in [3.05, 3.63) is 72.1 Å². The molecule has 0 saturated carbocycles. The summed E-state index contributed by atoms with van der Waals surface area (Å²) in [6, 6.07) is 14.5. The Labute approximate surface area is 164 Å². The highest BCUT2D eigenvalue weighted by atomic mass is 32.2. The van der Waals surface area contributed by atoms with Gasteiger partial charge in [-0.2, -0.15) is 8.42 Å². The monoisotopic (exact) mass is 402 g/mol. The van der Waals surface area contributed by atoms with Gasteiger partial charge < -0.3 is 4.74 Å². The molecule has 28 heavy (non-hydrogen) atoms. The fraction of sp³-hybridized carbons (Fsp3) is 0.300. The highest BCUT2D eigenvalue weighted by Gasteiger charge is 2.37. The first-order valence-electron chi connectivity index (χ1n) is 8.85. The van der Waals surface area contributed by atoms with Crippen molar-refractivity contribution in [3.63, 3.8) is 0 Å². The third-order valence-corrected chi connectivity index (χ3v) is 4.85. The van der Waals surface area contributed by atoms with Gasteiger partial charge in [0, 0.05) is 12.6 Å². The minimum absolute atomic E-state index is 0.137. The molecule has 2 heterocycles. The van der Waals surface area contributed by atoms with E-state index >= 15 is 0 Å². The van der Waals surface area contributed by atoms with Gasteiger partial charge in [0.2, 0.25) is 0 Å². The summed E-state index contributed by atoms with van der Waals surface area (Å²) in [5, 5.41) is 0. The second-order valence-electron chi connectivity index (χ2n) is 6.53. The highest BCUT2D eigenvalue weighted by molar-refractivity contribution is 7.86. The van der Waals surface area contributed by atoms with Crippen LogP contribution in [0.2, 0.25) is 0 Å². The molecule has 1 aromatic heterocycles. The van der Waals surface area contributed by atoms with Gasteiger partial charge in [0.25, 0.3) is 10.1 Å². The van der Waals surface area contributed by atoms with E-state index in [9.17, 15) is 13.2 Å². The van der Waals surface area contributed by atoms with Crippen LogP contribution in [0.1, 0.15) is 17.7 Å². The van der Waals surface area contributed by atoms with Gasteiger partial charge >= 0.3 is 6.09 Å². The van der Waals surface area contributed by atoms with Gasteiger partial charge in [-0.25, -0.2) is 4.79 Å². The average molecular weight is 402 g/mol. The maximum absolute atomic E-state index is 12.6. The molecule has 0 radical (unpaired) electrons. The topological polar surface area (TPSA) is 85.8 Å². The second kappa shape index (κ2) is 8.99. The van der Waals surface area contributed by atoms with Crippen molar-refractivity contribution >= 4 is 22.3 Å². The van der Waals surface area contributed by atoms with Crippen molar-refractivity contribution in [2.45, 2.75) is 25.2 Å². The zero-order valence-electron chi connectivity index (χ0n) is 15.5. The Bertz CT molecular complexity index is 916. The number of likely N-dealkylation sites (tertiary alicyclic amines) is 1. The summed E-state index contributed by atoms with van der Waals surface area (Å²) >= 11 is 0. The van der Waals surface area contributed by atoms with Gasteiger partial charge in [-0.15, -0.1) is 0 Å². The van der Waals surface area contributed by atoms with Crippen LogP contribution in [-0.2, 0) is 25.6 Å². The highest BCUT2D eigenvalue weighted by Crippen LogP contribution is 2.24. The predicted molar refractivity (Wildman–Crippen MR) is 105 cm³/mol. The molecular formula is C20H22N2O5S. The first-order valence-corrected chi connectivity index (χ1v) is 10.7. The summed E-state index contributed by atoms with van der Waals surface area (Å²) in [4.78, 5) is 18.3. The average Bonchev–Trinajstić information content (AvgIpc) is 3.07. The van der Waals surface area contributed by atoms with Crippen LogP contribution in [0.25, 0.3) is 6.08 Å². The van der Waals surface area contributed by atoms with Crippen molar-refractivity contribution in [2.24, 2.45) is 0 Å². The maximum atomic E-state index is 12.6. The predicted octanol–water partition coefficient (Wildman–Crippen LogP) is 2.85. The van der Waals surface area contributed by atoms with E-state index in [-0.39, 0.29) is 19.2 Å². The summed E-state index contributed by atoms with van der Waals surface area (Å²) in [6.45, 7) is 0.280. The van der Waals surface area contributed by atoms with Gasteiger partial charge in [-0.1, -0.05) is 42.5 Å². The Morgan fingerprint density at radius 3 is 2.64 bits per heavy atom. The molecule has 2 atom stereocenters. The molecule has 2 aromatic rings. The van der Waals surface area contributed by atoms with Crippen LogP contribution >= 0.6 is 0 Å². The Morgan fingerprint density at radius 1 is 1.21 bits per heavy atom. The molecular weight excluding hydrogens is 380 g/mol. The van der Waals surface area contributed by atoms with Crippen LogP contribution in [0, 0.1) is 0 Å². The Balaban J connectivity index is 1.70. The second-order valence-corrected chi connectivity index (χ2v) is 8.13. The van der Waals surface area contributed by atoms with E-state index in [1.54, 1.807) is 12.3 Å². The minimum atomic E-state index is -3.62. The third kappa shape index (κ3) is 5.90. The number of amides is 1. The molecule has 8 heteroatoms. The van der Waals surface area contributed by atoms with E-state index in [2.05, 4.69) is 4.98 Å². The van der Waals surface area contributed by atoms with Crippen LogP contribution in [0.15, 0.2) is 60.8 Å². The normalized spacial score (nSPS) is 19.8. The van der Waals surface area contributed by atoms with E-state index in [1.807, 2.05) is 54.6 Å². The van der Waals surface area contributed by atoms with Gasteiger partial charge in [0.15, 0.2) is 0 Å². The number of aromatic nitrogens is 1. The molecule has 1 saturated heterocycles. The number of rotatable bonds is 6. The lowest BCUT2D eigenvalue weighted by Crippen LogP contribution is -2.35. The SMILES string of the molecule is CS(=O)(=O)O[C@@H]1C[C@@H](C=Cc2ccccn2)N(C(=O)OCc2ccccc2)C1. The summed E-state index contributed by atoms with van der Waals surface area (Å²) in [7, 11) is -3.62. The number of pyridine rings is 1. The number of ether oxygens (including phenoxy) is 1. The molecule has 3 rings (SSSR count). The van der Waals surface area contributed by atoms with Gasteiger partial charge in [0.05, 0.1) is 30.6 Å². The number of hydrogen-bond acceptors (Lipinski definition) is 6. The van der Waals surface area contributed by atoms with E-state index in [0.717, 1.165) is 17.5 Å². The molecule has 1 aromatic carbocycles. The lowest BCUT2D eigenvalue weighted by molar-refractivity contribution is 0.0938. The molecule has 148 valence electrons. The molecule has 1 aliphatic rings. The van der Waals surface area contributed by atoms with Crippen LogP contribution in [-0.4, -0.2) is 49.3 Å². The summed E-state index contributed by atoms with van der Waals surface area (Å²) in [6.07, 6.45) is 5.52. The molecule has 1 aliphatic heterocycles. The molecule has 1 fully saturated rings. The van der Waals surface area contributed by atoms with E-state index in [0.29, 0.717) is 6.42 Å². The van der Waals surface area contributed by atoms with Crippen molar-refractivity contribution in [3.8, 4) is 0 Å². The van der Waals surface area contributed by atoms with E-state index in [4.69, 9.17) is 8.92 Å². The largest absolute Gasteiger partial charge is 0.445 e. The molecule has 0 bridgehead atoms. The molecule has 7 nitrogen and oxygen atoms in total. The van der Waals surface area contributed by atoms with Crippen LogP contribution < -0.4 is 0 Å². The fourth-order valence-electron chi connectivity index (χ4n) is 3.02. The Hall–Kier alpha value is -2.71. The zero-order valence-corrected chi connectivity index (χ0v) is 16.3. The maximum Gasteiger partial charge on any atom is 0.410 e. The number of nitrogens with zero attached hydrogens (tertiary/aromatic N) is 2. The van der Waals surface area contributed by atoms with Gasteiger partial charge in [-0.3, -0.25) is 14.1 Å². The molecule has 0 spiro atoms. The lowest BCUT2D eigenvalue weighted by Gasteiger charge is -2.21. The lowest BCUT2D eigenvalue weighted by atomic mass is 10.1. The molecule has 0 aliphatic carbocycles. The van der Waals surface area contributed by atoms with Gasteiger partial charge in [0.1, 0.15) is 6.61 Å². The van der Waals surface area contributed by atoms with Crippen LogP contribution in [0.5, 0.6) is 0 Å². The quantitative estimate of drug-likeness (QED) is 0.691. The van der Waals surface area contributed by atoms with E-state index < -0.39 is 22.3 Å². The standard InChI is InChI=1S/C20H22N2O5S/c1-28(24,25)27-19-13-18(11-10-17-9-5-6-12-21-17)22(14-19)20(23)26-15-16-7-3-2-4-8-16/h2-12,18-19H,13-15H2,1H3/t18-,19-/m1/s1. The number of benzene rings is 1. The summed E-state index contributed by atoms with van der Waals surface area (Å²) < 4.78 is 33.5. The molecule has 1 amide bonds. The van der Waals surface area contributed by atoms with E-state index in [1.165, 1.54) is 4.90 Å².